The highest BCUT2D eigenvalue weighted by atomic mass is 32.2. The second-order valence-electron chi connectivity index (χ2n) is 6.64. The number of nitrogens with zero attached hydrogens (tertiary/aromatic N) is 1. The smallest absolute Gasteiger partial charge is 0.253 e. The van der Waals surface area contributed by atoms with Gasteiger partial charge in [-0.15, -0.1) is 0 Å². The van der Waals surface area contributed by atoms with Gasteiger partial charge in [-0.3, -0.25) is 4.79 Å². The molecule has 7 nitrogen and oxygen atoms in total. The number of methoxy groups -OCH3 is 2. The van der Waals surface area contributed by atoms with Gasteiger partial charge in [0.2, 0.25) is 10.0 Å². The molecule has 2 rings (SSSR count). The second-order valence-corrected chi connectivity index (χ2v) is 8.36. The van der Waals surface area contributed by atoms with Crippen LogP contribution in [0.25, 0.3) is 0 Å². The van der Waals surface area contributed by atoms with Crippen molar-refractivity contribution in [1.29, 1.82) is 0 Å². The van der Waals surface area contributed by atoms with Gasteiger partial charge < -0.3 is 14.4 Å². The van der Waals surface area contributed by atoms with Gasteiger partial charge >= 0.3 is 0 Å². The molecule has 0 spiro atoms. The van der Waals surface area contributed by atoms with Crippen LogP contribution in [0, 0.1) is 0 Å². The second kappa shape index (κ2) is 9.07. The van der Waals surface area contributed by atoms with Gasteiger partial charge in [-0.05, 0) is 44.2 Å². The molecule has 1 amide bonds. The zero-order chi connectivity index (χ0) is 20.9. The number of carbonyl (C=O) groups excluding carboxylic acids is 1. The summed E-state index contributed by atoms with van der Waals surface area (Å²) >= 11 is 0. The summed E-state index contributed by atoms with van der Waals surface area (Å²) in [5.74, 6) is 0.973. The van der Waals surface area contributed by atoms with Gasteiger partial charge in [0.15, 0.2) is 0 Å². The maximum Gasteiger partial charge on any atom is 0.253 e. The van der Waals surface area contributed by atoms with Crippen LogP contribution in [-0.2, 0) is 16.6 Å². The van der Waals surface area contributed by atoms with Crippen molar-refractivity contribution in [1.82, 2.24) is 9.62 Å². The SMILES string of the molecule is COc1ccc(CN(C)C(=O)c2cccc(S(=O)(=O)NC(C)C)c2)c(OC)c1. The average molecular weight is 407 g/mol. The first kappa shape index (κ1) is 21.7. The molecule has 0 bridgehead atoms. The molecule has 0 aliphatic carbocycles. The monoisotopic (exact) mass is 406 g/mol. The first-order valence-corrected chi connectivity index (χ1v) is 10.2. The number of carbonyl (C=O) groups is 1. The molecule has 2 aromatic carbocycles. The minimum Gasteiger partial charge on any atom is -0.497 e. The Bertz CT molecular complexity index is 941. The van der Waals surface area contributed by atoms with E-state index in [0.29, 0.717) is 23.6 Å². The van der Waals surface area contributed by atoms with Crippen LogP contribution in [0.5, 0.6) is 11.5 Å². The Morgan fingerprint density at radius 3 is 2.43 bits per heavy atom. The summed E-state index contributed by atoms with van der Waals surface area (Å²) in [6, 6.07) is 11.1. The zero-order valence-electron chi connectivity index (χ0n) is 16.7. The Kier molecular flexibility index (Phi) is 7.04. The van der Waals surface area contributed by atoms with E-state index in [-0.39, 0.29) is 16.8 Å². The highest BCUT2D eigenvalue weighted by molar-refractivity contribution is 7.89. The Morgan fingerprint density at radius 2 is 1.82 bits per heavy atom. The Morgan fingerprint density at radius 1 is 1.11 bits per heavy atom. The maximum absolute atomic E-state index is 12.8. The van der Waals surface area contributed by atoms with Crippen molar-refractivity contribution in [3.63, 3.8) is 0 Å². The largest absolute Gasteiger partial charge is 0.497 e. The van der Waals surface area contributed by atoms with Crippen molar-refractivity contribution < 1.29 is 22.7 Å². The predicted molar refractivity (Wildman–Crippen MR) is 107 cm³/mol. The molecule has 0 heterocycles. The Labute approximate surface area is 166 Å². The average Bonchev–Trinajstić information content (AvgIpc) is 2.66. The standard InChI is InChI=1S/C20H26N2O5S/c1-14(2)21-28(24,25)18-8-6-7-15(11-18)20(23)22(3)13-16-9-10-17(26-4)12-19(16)27-5/h6-12,14,21H,13H2,1-5H3. The highest BCUT2D eigenvalue weighted by Crippen LogP contribution is 2.26. The van der Waals surface area contributed by atoms with Crippen LogP contribution in [-0.4, -0.2) is 46.5 Å². The number of benzene rings is 2. The molecule has 28 heavy (non-hydrogen) atoms. The van der Waals surface area contributed by atoms with E-state index in [4.69, 9.17) is 9.47 Å². The summed E-state index contributed by atoms with van der Waals surface area (Å²) in [5, 5.41) is 0. The first-order chi connectivity index (χ1) is 13.2. The minimum atomic E-state index is -3.67. The topological polar surface area (TPSA) is 84.9 Å². The van der Waals surface area contributed by atoms with Crippen LogP contribution in [0.4, 0.5) is 0 Å². The highest BCUT2D eigenvalue weighted by Gasteiger charge is 2.19. The lowest BCUT2D eigenvalue weighted by molar-refractivity contribution is 0.0784. The summed E-state index contributed by atoms with van der Waals surface area (Å²) in [6.45, 7) is 3.78. The number of hydrogen-bond acceptors (Lipinski definition) is 5. The molecule has 1 N–H and O–H groups in total. The fourth-order valence-corrected chi connectivity index (χ4v) is 4.00. The van der Waals surface area contributed by atoms with E-state index in [1.54, 1.807) is 59.4 Å². The number of hydrogen-bond donors (Lipinski definition) is 1. The van der Waals surface area contributed by atoms with E-state index in [9.17, 15) is 13.2 Å². The van der Waals surface area contributed by atoms with Crippen LogP contribution in [0.3, 0.4) is 0 Å². The van der Waals surface area contributed by atoms with E-state index in [2.05, 4.69) is 4.72 Å². The summed E-state index contributed by atoms with van der Waals surface area (Å²) in [6.07, 6.45) is 0. The molecule has 0 fully saturated rings. The molecule has 0 saturated heterocycles. The fraction of sp³-hybridized carbons (Fsp3) is 0.350. The third-order valence-corrected chi connectivity index (χ3v) is 5.69. The molecule has 0 unspecified atom stereocenters. The van der Waals surface area contributed by atoms with Crippen LogP contribution in [0.15, 0.2) is 47.4 Å². The lowest BCUT2D eigenvalue weighted by atomic mass is 10.1. The summed E-state index contributed by atoms with van der Waals surface area (Å²) in [4.78, 5) is 14.4. The van der Waals surface area contributed by atoms with Crippen molar-refractivity contribution in [2.24, 2.45) is 0 Å². The van der Waals surface area contributed by atoms with E-state index in [1.807, 2.05) is 6.07 Å². The van der Waals surface area contributed by atoms with Crippen LogP contribution in [0.2, 0.25) is 0 Å². The van der Waals surface area contributed by atoms with Gasteiger partial charge in [-0.25, -0.2) is 13.1 Å². The first-order valence-electron chi connectivity index (χ1n) is 8.76. The number of amides is 1. The number of sulfonamides is 1. The molecule has 0 atom stereocenters. The molecule has 0 saturated carbocycles. The van der Waals surface area contributed by atoms with E-state index >= 15 is 0 Å². The van der Waals surface area contributed by atoms with Gasteiger partial charge in [0, 0.05) is 36.8 Å². The van der Waals surface area contributed by atoms with E-state index < -0.39 is 10.0 Å². The van der Waals surface area contributed by atoms with Gasteiger partial charge in [0.1, 0.15) is 11.5 Å². The fourth-order valence-electron chi connectivity index (χ4n) is 2.70. The zero-order valence-corrected chi connectivity index (χ0v) is 17.5. The van der Waals surface area contributed by atoms with Crippen LogP contribution >= 0.6 is 0 Å². The lowest BCUT2D eigenvalue weighted by Crippen LogP contribution is -2.31. The van der Waals surface area contributed by atoms with E-state index in [0.717, 1.165) is 5.56 Å². The predicted octanol–water partition coefficient (Wildman–Crippen LogP) is 2.66. The van der Waals surface area contributed by atoms with Gasteiger partial charge in [0.25, 0.3) is 5.91 Å². The quantitative estimate of drug-likeness (QED) is 0.729. The van der Waals surface area contributed by atoms with Crippen LogP contribution in [0.1, 0.15) is 29.8 Å². The molecule has 152 valence electrons. The number of ether oxygens (including phenoxy) is 2. The summed E-state index contributed by atoms with van der Waals surface area (Å²) in [5.41, 5.74) is 1.10. The normalized spacial score (nSPS) is 11.4. The Balaban J connectivity index is 2.23. The maximum atomic E-state index is 12.8. The Hall–Kier alpha value is -2.58. The molecule has 0 radical (unpaired) electrons. The number of nitrogens with one attached hydrogen (secondary N) is 1. The van der Waals surface area contributed by atoms with Crippen molar-refractivity contribution in [3.8, 4) is 11.5 Å². The molecule has 8 heteroatoms. The van der Waals surface area contributed by atoms with Gasteiger partial charge in [-0.1, -0.05) is 6.07 Å². The number of rotatable bonds is 8. The molecular weight excluding hydrogens is 380 g/mol. The third kappa shape index (κ3) is 5.24. The molecule has 0 aliphatic rings. The molecule has 0 aromatic heterocycles. The van der Waals surface area contributed by atoms with Crippen LogP contribution < -0.4 is 14.2 Å². The summed E-state index contributed by atoms with van der Waals surface area (Å²) in [7, 11) is 1.10. The van der Waals surface area contributed by atoms with Gasteiger partial charge in [0.05, 0.1) is 19.1 Å². The summed E-state index contributed by atoms with van der Waals surface area (Å²) < 4.78 is 37.8. The minimum absolute atomic E-state index is 0.0579. The molecular formula is C20H26N2O5S. The lowest BCUT2D eigenvalue weighted by Gasteiger charge is -2.20. The van der Waals surface area contributed by atoms with Crippen molar-refractivity contribution in [2.45, 2.75) is 31.3 Å². The van der Waals surface area contributed by atoms with Crippen molar-refractivity contribution in [3.05, 3.63) is 53.6 Å². The molecule has 0 aliphatic heterocycles. The van der Waals surface area contributed by atoms with Crippen molar-refractivity contribution in [2.75, 3.05) is 21.3 Å². The molecule has 2 aromatic rings. The van der Waals surface area contributed by atoms with E-state index in [1.165, 1.54) is 17.0 Å². The van der Waals surface area contributed by atoms with Crippen molar-refractivity contribution >= 4 is 15.9 Å². The third-order valence-electron chi connectivity index (χ3n) is 4.03. The van der Waals surface area contributed by atoms with Gasteiger partial charge in [-0.2, -0.15) is 0 Å².